The van der Waals surface area contributed by atoms with Gasteiger partial charge in [0.15, 0.2) is 0 Å². The summed E-state index contributed by atoms with van der Waals surface area (Å²) >= 11 is 3.78. The topological polar surface area (TPSA) is 38.9 Å². The van der Waals surface area contributed by atoms with E-state index in [-0.39, 0.29) is 0 Å². The van der Waals surface area contributed by atoms with E-state index in [1.165, 1.54) is 0 Å². The SMILES string of the molecule is Cc1nnc(SCI)o1. The van der Waals surface area contributed by atoms with Crippen molar-refractivity contribution in [1.82, 2.24) is 10.2 Å². The molecule has 0 unspecified atom stereocenters. The molecule has 0 bridgehead atoms. The summed E-state index contributed by atoms with van der Waals surface area (Å²) in [6.45, 7) is 1.78. The van der Waals surface area contributed by atoms with E-state index in [1.54, 1.807) is 18.7 Å². The molecule has 1 rings (SSSR count). The fourth-order valence-electron chi connectivity index (χ4n) is 0.383. The number of rotatable bonds is 2. The highest BCUT2D eigenvalue weighted by atomic mass is 127. The zero-order chi connectivity index (χ0) is 6.69. The first-order valence-electron chi connectivity index (χ1n) is 2.32. The summed E-state index contributed by atoms with van der Waals surface area (Å²) in [6.07, 6.45) is 0. The van der Waals surface area contributed by atoms with Crippen LogP contribution in [0.4, 0.5) is 0 Å². The number of nitrogens with zero attached hydrogens (tertiary/aromatic N) is 2. The summed E-state index contributed by atoms with van der Waals surface area (Å²) in [4.78, 5) is 0. The number of alkyl halides is 1. The Morgan fingerprint density at radius 1 is 1.67 bits per heavy atom. The summed E-state index contributed by atoms with van der Waals surface area (Å²) in [6, 6.07) is 0. The van der Waals surface area contributed by atoms with Crippen molar-refractivity contribution in [1.29, 1.82) is 0 Å². The lowest BCUT2D eigenvalue weighted by Crippen LogP contribution is -1.69. The van der Waals surface area contributed by atoms with Crippen molar-refractivity contribution in [2.45, 2.75) is 12.1 Å². The van der Waals surface area contributed by atoms with Crippen LogP contribution in [-0.2, 0) is 0 Å². The number of hydrogen-bond donors (Lipinski definition) is 0. The van der Waals surface area contributed by atoms with Crippen LogP contribution >= 0.6 is 34.4 Å². The molecule has 0 saturated carbocycles. The molecule has 0 fully saturated rings. The standard InChI is InChI=1S/C4H5IN2OS/c1-3-6-7-4(8-3)9-2-5/h2H2,1H3. The first-order valence-corrected chi connectivity index (χ1v) is 4.83. The average Bonchev–Trinajstić information content (AvgIpc) is 2.17. The van der Waals surface area contributed by atoms with Gasteiger partial charge >= 0.3 is 0 Å². The van der Waals surface area contributed by atoms with Gasteiger partial charge in [-0.25, -0.2) is 0 Å². The highest BCUT2D eigenvalue weighted by molar-refractivity contribution is 14.1. The van der Waals surface area contributed by atoms with Crippen molar-refractivity contribution >= 4 is 34.4 Å². The molecule has 0 aliphatic carbocycles. The third kappa shape index (κ3) is 2.13. The Morgan fingerprint density at radius 3 is 2.89 bits per heavy atom. The second kappa shape index (κ2) is 3.40. The van der Waals surface area contributed by atoms with Gasteiger partial charge in [-0.2, -0.15) is 0 Å². The summed E-state index contributed by atoms with van der Waals surface area (Å²) in [5, 5.41) is 8.10. The predicted octanol–water partition coefficient (Wildman–Crippen LogP) is 1.86. The van der Waals surface area contributed by atoms with Crippen molar-refractivity contribution < 1.29 is 4.42 Å². The Kier molecular flexibility index (Phi) is 2.77. The third-order valence-corrected chi connectivity index (χ3v) is 2.14. The molecule has 0 aliphatic rings. The number of aryl methyl sites for hydroxylation is 1. The molecule has 0 spiro atoms. The number of hydrogen-bond acceptors (Lipinski definition) is 4. The zero-order valence-corrected chi connectivity index (χ0v) is 7.77. The summed E-state index contributed by atoms with van der Waals surface area (Å²) < 4.78 is 6.00. The molecule has 0 radical (unpaired) electrons. The number of thioether (sulfide) groups is 1. The van der Waals surface area contributed by atoms with E-state index < -0.39 is 0 Å². The minimum Gasteiger partial charge on any atom is -0.416 e. The fourth-order valence-corrected chi connectivity index (χ4v) is 1.55. The quantitative estimate of drug-likeness (QED) is 0.460. The molecule has 50 valence electrons. The molecule has 0 saturated heterocycles. The van der Waals surface area contributed by atoms with Gasteiger partial charge < -0.3 is 4.42 Å². The minimum atomic E-state index is 0.627. The van der Waals surface area contributed by atoms with Gasteiger partial charge in [0.25, 0.3) is 5.22 Å². The van der Waals surface area contributed by atoms with Gasteiger partial charge in [0.2, 0.25) is 5.89 Å². The van der Waals surface area contributed by atoms with Gasteiger partial charge in [0.05, 0.1) is 3.76 Å². The minimum absolute atomic E-state index is 0.627. The van der Waals surface area contributed by atoms with Gasteiger partial charge in [0.1, 0.15) is 0 Å². The van der Waals surface area contributed by atoms with Crippen LogP contribution in [0.5, 0.6) is 0 Å². The molecule has 5 heteroatoms. The maximum atomic E-state index is 5.06. The van der Waals surface area contributed by atoms with Crippen molar-refractivity contribution in [3.05, 3.63) is 5.89 Å². The van der Waals surface area contributed by atoms with Crippen LogP contribution in [0.1, 0.15) is 5.89 Å². The normalized spacial score (nSPS) is 10.0. The van der Waals surface area contributed by atoms with Crippen molar-refractivity contribution in [2.75, 3.05) is 3.76 Å². The van der Waals surface area contributed by atoms with Crippen LogP contribution < -0.4 is 0 Å². The Bertz CT molecular complexity index is 190. The maximum absolute atomic E-state index is 5.06. The Balaban J connectivity index is 2.61. The summed E-state index contributed by atoms with van der Waals surface area (Å²) in [5.41, 5.74) is 0. The van der Waals surface area contributed by atoms with E-state index in [9.17, 15) is 0 Å². The van der Waals surface area contributed by atoms with Gasteiger partial charge in [0, 0.05) is 6.92 Å². The van der Waals surface area contributed by atoms with E-state index in [0.717, 1.165) is 3.76 Å². The van der Waals surface area contributed by atoms with Crippen LogP contribution in [0.3, 0.4) is 0 Å². The molecular formula is C4H5IN2OS. The van der Waals surface area contributed by atoms with Crippen molar-refractivity contribution in [3.8, 4) is 0 Å². The van der Waals surface area contributed by atoms with E-state index >= 15 is 0 Å². The molecule has 0 N–H and O–H groups in total. The molecule has 1 aromatic rings. The molecule has 3 nitrogen and oxygen atoms in total. The highest BCUT2D eigenvalue weighted by Crippen LogP contribution is 2.17. The van der Waals surface area contributed by atoms with E-state index in [2.05, 4.69) is 32.8 Å². The maximum Gasteiger partial charge on any atom is 0.277 e. The summed E-state index contributed by atoms with van der Waals surface area (Å²) in [5.74, 6) is 0.627. The van der Waals surface area contributed by atoms with Crippen LogP contribution in [-0.4, -0.2) is 14.0 Å². The second-order valence-corrected chi connectivity index (χ2v) is 4.07. The van der Waals surface area contributed by atoms with Gasteiger partial charge in [-0.1, -0.05) is 34.4 Å². The largest absolute Gasteiger partial charge is 0.416 e. The molecule has 9 heavy (non-hydrogen) atoms. The first-order chi connectivity index (χ1) is 4.33. The van der Waals surface area contributed by atoms with Crippen LogP contribution in [0.25, 0.3) is 0 Å². The number of aromatic nitrogens is 2. The fraction of sp³-hybridized carbons (Fsp3) is 0.500. The third-order valence-electron chi connectivity index (χ3n) is 0.686. The lowest BCUT2D eigenvalue weighted by molar-refractivity contribution is 0.430. The van der Waals surface area contributed by atoms with Crippen molar-refractivity contribution in [2.24, 2.45) is 0 Å². The lowest BCUT2D eigenvalue weighted by Gasteiger charge is -1.82. The van der Waals surface area contributed by atoms with Crippen LogP contribution in [0.15, 0.2) is 9.64 Å². The second-order valence-electron chi connectivity index (χ2n) is 1.34. The van der Waals surface area contributed by atoms with E-state index in [4.69, 9.17) is 4.42 Å². The smallest absolute Gasteiger partial charge is 0.277 e. The Labute approximate surface area is 70.7 Å². The van der Waals surface area contributed by atoms with Gasteiger partial charge in [-0.3, -0.25) is 0 Å². The van der Waals surface area contributed by atoms with E-state index in [0.29, 0.717) is 11.1 Å². The average molecular weight is 256 g/mol. The van der Waals surface area contributed by atoms with Gasteiger partial charge in [-0.05, 0) is 0 Å². The molecule has 1 heterocycles. The van der Waals surface area contributed by atoms with Crippen LogP contribution in [0, 0.1) is 6.92 Å². The molecule has 0 aromatic carbocycles. The Morgan fingerprint density at radius 2 is 2.44 bits per heavy atom. The van der Waals surface area contributed by atoms with Crippen molar-refractivity contribution in [3.63, 3.8) is 0 Å². The molecular weight excluding hydrogens is 251 g/mol. The lowest BCUT2D eigenvalue weighted by atomic mass is 10.8. The zero-order valence-electron chi connectivity index (χ0n) is 4.80. The summed E-state index contributed by atoms with van der Waals surface area (Å²) in [7, 11) is 0. The molecule has 0 atom stereocenters. The van der Waals surface area contributed by atoms with Gasteiger partial charge in [-0.15, -0.1) is 10.2 Å². The predicted molar refractivity (Wildman–Crippen MR) is 43.8 cm³/mol. The molecule has 1 aromatic heterocycles. The highest BCUT2D eigenvalue weighted by Gasteiger charge is 1.98. The molecule has 0 aliphatic heterocycles. The Hall–Kier alpha value is 0.220. The monoisotopic (exact) mass is 256 g/mol. The first kappa shape index (κ1) is 7.33. The van der Waals surface area contributed by atoms with E-state index in [1.807, 2.05) is 0 Å². The number of halogens is 1. The molecule has 0 amide bonds. The van der Waals surface area contributed by atoms with Crippen LogP contribution in [0.2, 0.25) is 0 Å².